The van der Waals surface area contributed by atoms with Gasteiger partial charge in [-0.3, -0.25) is 9.59 Å². The first kappa shape index (κ1) is 35.8. The van der Waals surface area contributed by atoms with Crippen molar-refractivity contribution in [3.8, 4) is 0 Å². The first-order chi connectivity index (χ1) is 22.5. The Bertz CT molecular complexity index is 1400. The second-order valence-electron chi connectivity index (χ2n) is 13.8. The summed E-state index contributed by atoms with van der Waals surface area (Å²) in [5, 5.41) is 13.6. The van der Waals surface area contributed by atoms with Gasteiger partial charge in [-0.1, -0.05) is 45.9 Å². The predicted molar refractivity (Wildman–Crippen MR) is 195 cm³/mol. The minimum Gasteiger partial charge on any atom is -0.388 e. The van der Waals surface area contributed by atoms with Gasteiger partial charge in [-0.25, -0.2) is 0 Å². The third-order valence-corrected chi connectivity index (χ3v) is 8.75. The second-order valence-corrected chi connectivity index (χ2v) is 13.8. The minimum absolute atomic E-state index is 0.156. The minimum atomic E-state index is 0.156. The van der Waals surface area contributed by atoms with E-state index in [2.05, 4.69) is 104 Å². The van der Waals surface area contributed by atoms with E-state index in [-0.39, 0.29) is 11.8 Å². The quantitative estimate of drug-likeness (QED) is 0.196. The van der Waals surface area contributed by atoms with Crippen LogP contribution in [0.3, 0.4) is 0 Å². The Labute approximate surface area is 282 Å². The molecule has 0 aliphatic carbocycles. The number of nitrogens with zero attached hydrogens (tertiary/aromatic N) is 2. The lowest BCUT2D eigenvalue weighted by molar-refractivity contribution is -0.133. The third-order valence-electron chi connectivity index (χ3n) is 8.75. The zero-order chi connectivity index (χ0) is 33.9. The highest BCUT2D eigenvalue weighted by molar-refractivity contribution is 5.77. The van der Waals surface area contributed by atoms with Crippen molar-refractivity contribution in [1.82, 2.24) is 15.1 Å². The van der Waals surface area contributed by atoms with E-state index in [0.29, 0.717) is 63.9 Å². The van der Waals surface area contributed by atoms with Crippen LogP contribution >= 0.6 is 0 Å². The summed E-state index contributed by atoms with van der Waals surface area (Å²) in [6.45, 7) is 12.0. The number of benzene rings is 3. The van der Waals surface area contributed by atoms with Gasteiger partial charge >= 0.3 is 0 Å². The molecule has 0 fully saturated rings. The summed E-state index contributed by atoms with van der Waals surface area (Å²) in [4.78, 5) is 31.5. The van der Waals surface area contributed by atoms with E-state index in [1.165, 1.54) is 0 Å². The monoisotopic (exact) mass is 640 g/mol. The highest BCUT2D eigenvalue weighted by atomic mass is 16.2. The molecule has 0 aromatic heterocycles. The maximum atomic E-state index is 13.8. The van der Waals surface area contributed by atoms with E-state index in [9.17, 15) is 9.59 Å². The Morgan fingerprint density at radius 1 is 0.553 bits per heavy atom. The fourth-order valence-electron chi connectivity index (χ4n) is 6.13. The van der Waals surface area contributed by atoms with Crippen LogP contribution in [0.4, 0.5) is 17.1 Å². The molecule has 1 aliphatic heterocycles. The van der Waals surface area contributed by atoms with Crippen LogP contribution in [0, 0.1) is 11.8 Å². The van der Waals surface area contributed by atoms with Crippen molar-refractivity contribution in [1.29, 1.82) is 0 Å². The van der Waals surface area contributed by atoms with Crippen molar-refractivity contribution < 1.29 is 9.59 Å². The summed E-state index contributed by atoms with van der Waals surface area (Å²) in [6.07, 6.45) is 2.74. The molecular weight excluding hydrogens is 584 g/mol. The molecule has 4 N–H and O–H groups in total. The van der Waals surface area contributed by atoms with Gasteiger partial charge in [0.15, 0.2) is 0 Å². The van der Waals surface area contributed by atoms with Crippen molar-refractivity contribution in [2.45, 2.75) is 92.6 Å². The zero-order valence-corrected chi connectivity index (χ0v) is 29.6. The van der Waals surface area contributed by atoms with Crippen molar-refractivity contribution in [3.05, 3.63) is 88.0 Å². The summed E-state index contributed by atoms with van der Waals surface area (Å²) in [5.74, 6) is 1.21. The van der Waals surface area contributed by atoms with Crippen LogP contribution in [0.1, 0.15) is 86.8 Å². The zero-order valence-electron chi connectivity index (χ0n) is 29.6. The van der Waals surface area contributed by atoms with Crippen LogP contribution in [-0.4, -0.2) is 42.8 Å². The lowest BCUT2D eigenvalue weighted by atomic mass is 10.0. The summed E-state index contributed by atoms with van der Waals surface area (Å²) in [7, 11) is 5.79. The Balaban J connectivity index is 1.79. The lowest BCUT2D eigenvalue weighted by Gasteiger charge is -2.27. The summed E-state index contributed by atoms with van der Waals surface area (Å²) in [5.41, 5.74) is 9.65. The molecule has 6 bridgehead atoms. The Hall–Kier alpha value is -4.04. The molecule has 254 valence electrons. The molecule has 1 heterocycles. The van der Waals surface area contributed by atoms with Crippen LogP contribution in [0.5, 0.6) is 0 Å². The van der Waals surface area contributed by atoms with E-state index in [1.54, 1.807) is 0 Å². The van der Waals surface area contributed by atoms with Gasteiger partial charge in [-0.15, -0.1) is 0 Å². The van der Waals surface area contributed by atoms with Crippen molar-refractivity contribution in [2.24, 2.45) is 11.8 Å². The van der Waals surface area contributed by atoms with E-state index in [1.807, 2.05) is 30.9 Å². The summed E-state index contributed by atoms with van der Waals surface area (Å²) >= 11 is 0. The van der Waals surface area contributed by atoms with Gasteiger partial charge in [-0.2, -0.15) is 0 Å². The van der Waals surface area contributed by atoms with E-state index >= 15 is 0 Å². The van der Waals surface area contributed by atoms with Gasteiger partial charge in [-0.05, 0) is 94.5 Å². The molecule has 3 aromatic rings. The number of anilines is 3. The van der Waals surface area contributed by atoms with E-state index < -0.39 is 0 Å². The molecule has 1 aliphatic rings. The van der Waals surface area contributed by atoms with Crippen LogP contribution in [0.15, 0.2) is 54.6 Å². The number of hydrogen-bond acceptors (Lipinski definition) is 6. The average Bonchev–Trinajstić information content (AvgIpc) is 3.04. The molecule has 8 heteroatoms. The summed E-state index contributed by atoms with van der Waals surface area (Å²) in [6, 6.07) is 19.5. The largest absolute Gasteiger partial charge is 0.388 e. The number of fused-ring (bicyclic) bond motifs is 6. The van der Waals surface area contributed by atoms with Crippen LogP contribution < -0.4 is 21.3 Å². The maximum Gasteiger partial charge on any atom is 0.223 e. The number of rotatable bonds is 9. The standard InChI is InChI=1S/C39H56N6O2/c1-27(2)8-10-38(46)44-23-31-12-29(15-35(17-31)40-5)21-43-22-30-13-32(18-36(16-30)41-6)24-45(39(47)11-9-28(3)4)26-34-14-33(25-44)19-37(20-34)42-7/h12-20,27-28,40-43H,8-11,21-26H2,1-7H3. The molecule has 0 atom stereocenters. The van der Waals surface area contributed by atoms with Gasteiger partial charge in [0.2, 0.25) is 11.8 Å². The van der Waals surface area contributed by atoms with E-state index in [0.717, 1.165) is 63.3 Å². The van der Waals surface area contributed by atoms with Crippen molar-refractivity contribution in [2.75, 3.05) is 37.1 Å². The van der Waals surface area contributed by atoms with Gasteiger partial charge in [0.25, 0.3) is 0 Å². The maximum absolute atomic E-state index is 13.8. The molecule has 0 spiro atoms. The fraction of sp³-hybridized carbons (Fsp3) is 0.487. The topological polar surface area (TPSA) is 88.7 Å². The smallest absolute Gasteiger partial charge is 0.223 e. The van der Waals surface area contributed by atoms with Gasteiger partial charge in [0.1, 0.15) is 0 Å². The molecule has 0 radical (unpaired) electrons. The third kappa shape index (κ3) is 11.0. The highest BCUT2D eigenvalue weighted by Gasteiger charge is 2.20. The molecule has 0 saturated carbocycles. The Morgan fingerprint density at radius 3 is 1.15 bits per heavy atom. The number of amides is 2. The van der Waals surface area contributed by atoms with E-state index in [4.69, 9.17) is 0 Å². The summed E-state index contributed by atoms with van der Waals surface area (Å²) < 4.78 is 0. The molecule has 0 saturated heterocycles. The van der Waals surface area contributed by atoms with Crippen LogP contribution in [0.25, 0.3) is 0 Å². The SMILES string of the molecule is CNc1cc2cc(c1)CN(C(=O)CCC(C)C)Cc1cc(cc(NC)c1)CN(C(=O)CCC(C)C)Cc1cc(cc(NC)c1)CNC2. The molecule has 2 amide bonds. The lowest BCUT2D eigenvalue weighted by Crippen LogP contribution is -2.31. The second kappa shape index (κ2) is 17.2. The average molecular weight is 641 g/mol. The Kier molecular flexibility index (Phi) is 13.1. The number of nitrogens with one attached hydrogen (secondary N) is 4. The predicted octanol–water partition coefficient (Wildman–Crippen LogP) is 7.34. The molecule has 3 aromatic carbocycles. The first-order valence-electron chi connectivity index (χ1n) is 17.2. The molecular formula is C39H56N6O2. The Morgan fingerprint density at radius 2 is 0.851 bits per heavy atom. The molecule has 8 nitrogen and oxygen atoms in total. The highest BCUT2D eigenvalue weighted by Crippen LogP contribution is 2.25. The number of carbonyl (C=O) groups excluding carboxylic acids is 2. The van der Waals surface area contributed by atoms with Gasteiger partial charge in [0, 0.05) is 90.3 Å². The number of carbonyl (C=O) groups is 2. The fourth-order valence-corrected chi connectivity index (χ4v) is 6.13. The van der Waals surface area contributed by atoms with Crippen molar-refractivity contribution in [3.63, 3.8) is 0 Å². The van der Waals surface area contributed by atoms with Crippen LogP contribution in [-0.2, 0) is 48.9 Å². The first-order valence-corrected chi connectivity index (χ1v) is 17.2. The normalized spacial score (nSPS) is 14.1. The molecule has 47 heavy (non-hydrogen) atoms. The van der Waals surface area contributed by atoms with Gasteiger partial charge < -0.3 is 31.1 Å². The van der Waals surface area contributed by atoms with Crippen LogP contribution in [0.2, 0.25) is 0 Å². The molecule has 4 rings (SSSR count). The number of hydrogen-bond donors (Lipinski definition) is 4. The van der Waals surface area contributed by atoms with Crippen molar-refractivity contribution >= 4 is 28.9 Å². The van der Waals surface area contributed by atoms with Gasteiger partial charge in [0.05, 0.1) is 0 Å². The molecule has 0 unspecified atom stereocenters.